The number of nitrogens with two attached hydrogens (primary N) is 1. The molecule has 3 nitrogen and oxygen atoms in total. The molecule has 2 aliphatic rings. The fourth-order valence-electron chi connectivity index (χ4n) is 2.96. The first-order valence-electron chi connectivity index (χ1n) is 7.14. The molecule has 1 amide bonds. The normalized spacial score (nSPS) is 28.1. The molecule has 102 valence electrons. The highest BCUT2D eigenvalue weighted by Gasteiger charge is 2.51. The molecule has 1 saturated carbocycles. The Hall–Kier alpha value is -1.35. The summed E-state index contributed by atoms with van der Waals surface area (Å²) in [4.78, 5) is 14.3. The van der Waals surface area contributed by atoms with Crippen LogP contribution in [0.15, 0.2) is 30.3 Å². The number of hydrogen-bond acceptors (Lipinski definition) is 2. The Morgan fingerprint density at radius 2 is 1.95 bits per heavy atom. The highest BCUT2D eigenvalue weighted by Crippen LogP contribution is 2.49. The molecule has 2 fully saturated rings. The third kappa shape index (κ3) is 2.16. The molecule has 0 spiro atoms. The van der Waals surface area contributed by atoms with Crippen LogP contribution >= 0.6 is 0 Å². The first-order valence-corrected chi connectivity index (χ1v) is 7.14. The van der Waals surface area contributed by atoms with Crippen LogP contribution in [-0.4, -0.2) is 29.4 Å². The van der Waals surface area contributed by atoms with Crippen molar-refractivity contribution in [2.45, 2.75) is 31.7 Å². The van der Waals surface area contributed by atoms with Gasteiger partial charge in [0.15, 0.2) is 0 Å². The van der Waals surface area contributed by atoms with Crippen LogP contribution in [0.4, 0.5) is 0 Å². The molecule has 1 heterocycles. The number of nitrogens with zero attached hydrogens (tertiary/aromatic N) is 1. The molecular weight excluding hydrogens is 236 g/mol. The monoisotopic (exact) mass is 258 g/mol. The summed E-state index contributed by atoms with van der Waals surface area (Å²) in [5.41, 5.74) is 7.38. The van der Waals surface area contributed by atoms with E-state index in [1.807, 2.05) is 23.1 Å². The zero-order chi connectivity index (χ0) is 13.6. The van der Waals surface area contributed by atoms with Crippen molar-refractivity contribution in [3.8, 4) is 0 Å². The van der Waals surface area contributed by atoms with Crippen LogP contribution in [0.2, 0.25) is 0 Å². The van der Waals surface area contributed by atoms with Crippen molar-refractivity contribution >= 4 is 5.91 Å². The number of rotatable bonds is 3. The molecule has 3 heteroatoms. The molecule has 2 unspecified atom stereocenters. The summed E-state index contributed by atoms with van der Waals surface area (Å²) >= 11 is 0. The lowest BCUT2D eigenvalue weighted by Crippen LogP contribution is -2.71. The van der Waals surface area contributed by atoms with Crippen LogP contribution in [0.1, 0.15) is 31.7 Å². The number of carbonyl (C=O) groups excluding carboxylic acids is 1. The van der Waals surface area contributed by atoms with Crippen LogP contribution in [0, 0.1) is 11.8 Å². The molecule has 1 aliphatic carbocycles. The van der Waals surface area contributed by atoms with Gasteiger partial charge in [-0.25, -0.2) is 0 Å². The number of likely N-dealkylation sites (tertiary alicyclic amines) is 1. The molecule has 0 bridgehead atoms. The van der Waals surface area contributed by atoms with Crippen LogP contribution in [-0.2, 0) is 4.79 Å². The van der Waals surface area contributed by atoms with Gasteiger partial charge in [-0.05, 0) is 23.8 Å². The minimum Gasteiger partial charge on any atom is -0.339 e. The summed E-state index contributed by atoms with van der Waals surface area (Å²) in [6.45, 7) is 5.71. The molecule has 1 aliphatic heterocycles. The predicted molar refractivity (Wildman–Crippen MR) is 75.6 cm³/mol. The largest absolute Gasteiger partial charge is 0.339 e. The van der Waals surface area contributed by atoms with Crippen LogP contribution < -0.4 is 5.73 Å². The molecule has 1 aromatic carbocycles. The highest BCUT2D eigenvalue weighted by atomic mass is 16.2. The summed E-state index contributed by atoms with van der Waals surface area (Å²) in [7, 11) is 0. The van der Waals surface area contributed by atoms with Crippen LogP contribution in [0.5, 0.6) is 0 Å². The summed E-state index contributed by atoms with van der Waals surface area (Å²) in [6.07, 6.45) is 0.999. The topological polar surface area (TPSA) is 46.3 Å². The van der Waals surface area contributed by atoms with E-state index in [-0.39, 0.29) is 11.5 Å². The van der Waals surface area contributed by atoms with E-state index in [2.05, 4.69) is 26.0 Å². The second kappa shape index (κ2) is 4.34. The average molecular weight is 258 g/mol. The maximum absolute atomic E-state index is 12.4. The highest BCUT2D eigenvalue weighted by molar-refractivity contribution is 5.84. The first kappa shape index (κ1) is 12.7. The molecule has 2 atom stereocenters. The Bertz CT molecular complexity index is 477. The van der Waals surface area contributed by atoms with E-state index < -0.39 is 0 Å². The van der Waals surface area contributed by atoms with Crippen molar-refractivity contribution in [3.63, 3.8) is 0 Å². The Morgan fingerprint density at radius 1 is 1.32 bits per heavy atom. The smallest absolute Gasteiger partial charge is 0.226 e. The maximum atomic E-state index is 12.4. The summed E-state index contributed by atoms with van der Waals surface area (Å²) < 4.78 is 0. The predicted octanol–water partition coefficient (Wildman–Crippen LogP) is 1.99. The van der Waals surface area contributed by atoms with Crippen LogP contribution in [0.3, 0.4) is 0 Å². The van der Waals surface area contributed by atoms with Crippen molar-refractivity contribution in [2.24, 2.45) is 17.6 Å². The Balaban J connectivity index is 1.58. The minimum atomic E-state index is -0.160. The molecular formula is C16H22N2O. The molecule has 0 radical (unpaired) electrons. The third-order valence-corrected chi connectivity index (χ3v) is 4.77. The van der Waals surface area contributed by atoms with Gasteiger partial charge in [0.05, 0.1) is 5.54 Å². The van der Waals surface area contributed by atoms with Gasteiger partial charge in [-0.3, -0.25) is 4.79 Å². The Morgan fingerprint density at radius 3 is 2.53 bits per heavy atom. The van der Waals surface area contributed by atoms with Crippen molar-refractivity contribution in [1.82, 2.24) is 4.90 Å². The van der Waals surface area contributed by atoms with E-state index in [1.165, 1.54) is 5.56 Å². The summed E-state index contributed by atoms with van der Waals surface area (Å²) in [5.74, 6) is 1.36. The fraction of sp³-hybridized carbons (Fsp3) is 0.562. The van der Waals surface area contributed by atoms with E-state index in [0.717, 1.165) is 19.5 Å². The molecule has 3 rings (SSSR count). The second-order valence-corrected chi connectivity index (χ2v) is 6.44. The van der Waals surface area contributed by atoms with Gasteiger partial charge in [0.2, 0.25) is 5.91 Å². The quantitative estimate of drug-likeness (QED) is 0.901. The first-order chi connectivity index (χ1) is 9.01. The van der Waals surface area contributed by atoms with Crippen molar-refractivity contribution in [1.29, 1.82) is 0 Å². The van der Waals surface area contributed by atoms with Gasteiger partial charge in [0.25, 0.3) is 0 Å². The van der Waals surface area contributed by atoms with Crippen molar-refractivity contribution in [3.05, 3.63) is 35.9 Å². The fourth-order valence-corrected chi connectivity index (χ4v) is 2.96. The number of carbonyl (C=O) groups is 1. The molecule has 19 heavy (non-hydrogen) atoms. The second-order valence-electron chi connectivity index (χ2n) is 6.44. The van der Waals surface area contributed by atoms with Gasteiger partial charge in [-0.2, -0.15) is 0 Å². The van der Waals surface area contributed by atoms with Crippen molar-refractivity contribution < 1.29 is 4.79 Å². The molecule has 1 saturated heterocycles. The van der Waals surface area contributed by atoms with E-state index >= 15 is 0 Å². The third-order valence-electron chi connectivity index (χ3n) is 4.77. The molecule has 0 aromatic heterocycles. The Labute approximate surface area is 114 Å². The number of amides is 1. The van der Waals surface area contributed by atoms with Gasteiger partial charge >= 0.3 is 0 Å². The minimum absolute atomic E-state index is 0.160. The lowest BCUT2D eigenvalue weighted by Gasteiger charge is -2.50. The zero-order valence-electron chi connectivity index (χ0n) is 11.7. The van der Waals surface area contributed by atoms with Gasteiger partial charge < -0.3 is 10.6 Å². The van der Waals surface area contributed by atoms with Gasteiger partial charge in [-0.15, -0.1) is 0 Å². The maximum Gasteiger partial charge on any atom is 0.226 e. The molecule has 1 aromatic rings. The number of benzene rings is 1. The van der Waals surface area contributed by atoms with Crippen LogP contribution in [0.25, 0.3) is 0 Å². The van der Waals surface area contributed by atoms with Gasteiger partial charge in [0, 0.05) is 19.0 Å². The average Bonchev–Trinajstić information content (AvgIpc) is 3.15. The lowest BCUT2D eigenvalue weighted by molar-refractivity contribution is -0.141. The SMILES string of the molecule is CC(C)C1(N)CN(C(=O)C2CC2c2ccccc2)C1. The van der Waals surface area contributed by atoms with E-state index in [1.54, 1.807) is 0 Å². The van der Waals surface area contributed by atoms with E-state index in [4.69, 9.17) is 5.73 Å². The standard InChI is InChI=1S/C16H22N2O/c1-11(2)16(17)9-18(10-16)15(19)14-8-13(14)12-6-4-3-5-7-12/h3-7,11,13-14H,8-10,17H2,1-2H3. The zero-order valence-corrected chi connectivity index (χ0v) is 11.7. The van der Waals surface area contributed by atoms with Crippen molar-refractivity contribution in [2.75, 3.05) is 13.1 Å². The van der Waals surface area contributed by atoms with Gasteiger partial charge in [-0.1, -0.05) is 44.2 Å². The molecule has 2 N–H and O–H groups in total. The van der Waals surface area contributed by atoms with E-state index in [0.29, 0.717) is 17.7 Å². The summed E-state index contributed by atoms with van der Waals surface area (Å²) in [6, 6.07) is 10.3. The van der Waals surface area contributed by atoms with E-state index in [9.17, 15) is 4.79 Å². The van der Waals surface area contributed by atoms with Gasteiger partial charge in [0.1, 0.15) is 0 Å². The number of hydrogen-bond donors (Lipinski definition) is 1. The lowest BCUT2D eigenvalue weighted by atomic mass is 9.80. The Kier molecular flexibility index (Phi) is 2.90. The summed E-state index contributed by atoms with van der Waals surface area (Å²) in [5, 5.41) is 0.